The molecule has 0 aliphatic carbocycles. The van der Waals surface area contributed by atoms with Gasteiger partial charge in [-0.15, -0.1) is 0 Å². The number of rotatable bonds is 18. The van der Waals surface area contributed by atoms with Crippen molar-refractivity contribution in [1.82, 2.24) is 0 Å². The molecule has 0 aromatic heterocycles. The number of hydrogen-bond acceptors (Lipinski definition) is 11. The molecular formula is C20H38O10SSi2. The van der Waals surface area contributed by atoms with Crippen LogP contribution < -0.4 is 0 Å². The van der Waals surface area contributed by atoms with Gasteiger partial charge < -0.3 is 34.9 Å². The molecule has 0 saturated heterocycles. The Labute approximate surface area is 204 Å². The van der Waals surface area contributed by atoms with Gasteiger partial charge in [0.2, 0.25) is 0 Å². The minimum absolute atomic E-state index is 0.348. The van der Waals surface area contributed by atoms with Crippen LogP contribution in [0.3, 0.4) is 0 Å². The Balaban J connectivity index is 4.33. The molecule has 0 atom stereocenters. The molecule has 0 radical (unpaired) electrons. The number of hydrogen-bond donors (Lipinski definition) is 0. The first-order valence-electron chi connectivity index (χ1n) is 10.4. The Morgan fingerprint density at radius 2 is 0.939 bits per heavy atom. The van der Waals surface area contributed by atoms with Crippen molar-refractivity contribution >= 4 is 41.9 Å². The van der Waals surface area contributed by atoms with Gasteiger partial charge in [0, 0.05) is 65.9 Å². The molecule has 0 aliphatic heterocycles. The van der Waals surface area contributed by atoms with Gasteiger partial charge in [-0.25, -0.2) is 9.59 Å². The molecule has 192 valence electrons. The summed E-state index contributed by atoms with van der Waals surface area (Å²) in [5.41, 5.74) is 0.819. The topological polar surface area (TPSA) is 108 Å². The number of allylic oxidation sites excluding steroid dienone is 2. The summed E-state index contributed by atoms with van der Waals surface area (Å²) in [5, 5.41) is 0. The quantitative estimate of drug-likeness (QED) is 0.112. The summed E-state index contributed by atoms with van der Waals surface area (Å²) in [6.07, 6.45) is 6.19. The molecule has 0 aromatic carbocycles. The average Bonchev–Trinajstić information content (AvgIpc) is 2.84. The van der Waals surface area contributed by atoms with Gasteiger partial charge in [-0.1, -0.05) is 12.2 Å². The van der Waals surface area contributed by atoms with Crippen molar-refractivity contribution in [3.8, 4) is 0 Å². The lowest BCUT2D eigenvalue weighted by atomic mass is 10.2. The third kappa shape index (κ3) is 11.8. The van der Waals surface area contributed by atoms with Crippen LogP contribution in [0.15, 0.2) is 23.3 Å². The third-order valence-corrected chi connectivity index (χ3v) is 11.1. The molecule has 33 heavy (non-hydrogen) atoms. The minimum atomic E-state index is -2.62. The van der Waals surface area contributed by atoms with E-state index in [0.29, 0.717) is 48.4 Å². The van der Waals surface area contributed by atoms with E-state index < -0.39 is 29.5 Å². The van der Waals surface area contributed by atoms with Crippen LogP contribution in [-0.2, 0) is 44.5 Å². The van der Waals surface area contributed by atoms with Crippen molar-refractivity contribution < 1.29 is 44.5 Å². The van der Waals surface area contributed by atoms with Gasteiger partial charge in [0.25, 0.3) is 12.3 Å². The maximum atomic E-state index is 12.0. The molecule has 0 aromatic rings. The second kappa shape index (κ2) is 17.4. The summed E-state index contributed by atoms with van der Waals surface area (Å²) < 4.78 is 42.0. The van der Waals surface area contributed by atoms with Crippen molar-refractivity contribution in [2.45, 2.75) is 51.6 Å². The molecule has 0 unspecified atom stereocenters. The largest absolute Gasteiger partial charge is 0.500 e. The van der Waals surface area contributed by atoms with Crippen molar-refractivity contribution in [2.75, 3.05) is 42.7 Å². The molecule has 0 saturated carbocycles. The molecule has 0 heterocycles. The molecule has 0 rings (SSSR count). The maximum Gasteiger partial charge on any atom is 0.500 e. The summed E-state index contributed by atoms with van der Waals surface area (Å²) in [7, 11) is 4.12. The van der Waals surface area contributed by atoms with Crippen molar-refractivity contribution in [2.24, 2.45) is 0 Å². The molecule has 0 spiro atoms. The number of carbonyl (C=O) groups is 2. The lowest BCUT2D eigenvalue weighted by Gasteiger charge is -2.23. The summed E-state index contributed by atoms with van der Waals surface area (Å²) in [4.78, 5) is 24.1. The van der Waals surface area contributed by atoms with Gasteiger partial charge >= 0.3 is 29.5 Å². The highest BCUT2D eigenvalue weighted by atomic mass is 32.2. The van der Waals surface area contributed by atoms with Crippen molar-refractivity contribution in [3.63, 3.8) is 0 Å². The first-order valence-corrected chi connectivity index (χ1v) is 15.0. The molecule has 0 fully saturated rings. The molecule has 0 N–H and O–H groups in total. The molecule has 13 heteroatoms. The van der Waals surface area contributed by atoms with E-state index in [1.54, 1.807) is 68.7 Å². The highest BCUT2D eigenvalue weighted by Gasteiger charge is 2.37. The van der Waals surface area contributed by atoms with Crippen LogP contribution in [0.25, 0.3) is 0 Å². The fourth-order valence-corrected chi connectivity index (χ4v) is 6.68. The molecule has 10 nitrogen and oxygen atoms in total. The normalized spacial score (nSPS) is 13.2. The van der Waals surface area contributed by atoms with Crippen LogP contribution in [-0.4, -0.2) is 72.2 Å². The van der Waals surface area contributed by atoms with Crippen LogP contribution in [0.4, 0.5) is 0 Å². The molecule has 0 amide bonds. The lowest BCUT2D eigenvalue weighted by molar-refractivity contribution is -0.131. The third-order valence-electron chi connectivity index (χ3n) is 5.00. The second-order valence-corrected chi connectivity index (χ2v) is 13.6. The number of unbranched alkanes of at least 4 members (excludes halogenated alkanes) is 2. The summed E-state index contributed by atoms with van der Waals surface area (Å²) in [6, 6.07) is 1.25. The Kier molecular flexibility index (Phi) is 16.9. The maximum absolute atomic E-state index is 12.0. The van der Waals surface area contributed by atoms with E-state index in [-0.39, 0.29) is 0 Å². The zero-order valence-corrected chi connectivity index (χ0v) is 23.7. The van der Waals surface area contributed by atoms with Crippen LogP contribution in [0.1, 0.15) is 39.5 Å². The fourth-order valence-electron chi connectivity index (χ4n) is 2.76. The Morgan fingerprint density at radius 1 is 0.636 bits per heavy atom. The van der Waals surface area contributed by atoms with Gasteiger partial charge in [0.05, 0.1) is 0 Å². The Morgan fingerprint density at radius 3 is 1.21 bits per heavy atom. The average molecular weight is 527 g/mol. The first-order chi connectivity index (χ1) is 15.7. The predicted octanol–water partition coefficient (Wildman–Crippen LogP) is 3.85. The zero-order valence-electron chi connectivity index (χ0n) is 20.9. The zero-order chi connectivity index (χ0) is 25.3. The Bertz CT molecular complexity index is 578. The Hall–Kier alpha value is -1.04. The van der Waals surface area contributed by atoms with E-state index in [4.69, 9.17) is 34.9 Å². The molecule has 0 bridgehead atoms. The number of carbonyl (C=O) groups excluding carboxylic acids is 2. The van der Waals surface area contributed by atoms with E-state index in [1.807, 2.05) is 0 Å². The van der Waals surface area contributed by atoms with Crippen molar-refractivity contribution in [1.29, 1.82) is 0 Å². The van der Waals surface area contributed by atoms with Crippen LogP contribution >= 0.6 is 12.3 Å². The lowest BCUT2D eigenvalue weighted by Crippen LogP contribution is -2.42. The smallest absolute Gasteiger partial charge is 0.377 e. The van der Waals surface area contributed by atoms with Gasteiger partial charge in [-0.05, 0) is 39.5 Å². The van der Waals surface area contributed by atoms with Crippen LogP contribution in [0.5, 0.6) is 0 Å². The van der Waals surface area contributed by atoms with E-state index in [9.17, 15) is 9.59 Å². The standard InChI is InChI=1S/C20H38O10SSi2/c1-17(13-9-11-15-32(23-3,24-4)25-5)19(21)29-31-30-20(22)18(2)14-10-12-16-33(26-6,27-7)28-8/h13-14H,9-12,15-16H2,1-8H3. The van der Waals surface area contributed by atoms with Crippen LogP contribution in [0, 0.1) is 0 Å². The summed E-state index contributed by atoms with van der Waals surface area (Å²) >= 11 is 0.348. The van der Waals surface area contributed by atoms with Gasteiger partial charge in [0.15, 0.2) is 0 Å². The van der Waals surface area contributed by atoms with Gasteiger partial charge in [0.1, 0.15) is 0 Å². The van der Waals surface area contributed by atoms with E-state index in [1.165, 1.54) is 0 Å². The van der Waals surface area contributed by atoms with Crippen molar-refractivity contribution in [3.05, 3.63) is 23.3 Å². The van der Waals surface area contributed by atoms with Gasteiger partial charge in [-0.2, -0.15) is 0 Å². The first kappa shape index (κ1) is 32.0. The molecular weight excluding hydrogens is 488 g/mol. The monoisotopic (exact) mass is 526 g/mol. The van der Waals surface area contributed by atoms with Gasteiger partial charge in [-0.3, -0.25) is 0 Å². The predicted molar refractivity (Wildman–Crippen MR) is 129 cm³/mol. The summed E-state index contributed by atoms with van der Waals surface area (Å²) in [6.45, 7) is 3.26. The minimum Gasteiger partial charge on any atom is -0.377 e. The van der Waals surface area contributed by atoms with E-state index >= 15 is 0 Å². The fraction of sp³-hybridized carbons (Fsp3) is 0.700. The summed E-state index contributed by atoms with van der Waals surface area (Å²) in [5.74, 6) is -1.16. The van der Waals surface area contributed by atoms with E-state index in [0.717, 1.165) is 12.8 Å². The van der Waals surface area contributed by atoms with E-state index in [2.05, 4.69) is 0 Å². The SMILES string of the molecule is CO[Si](CCCC=C(C)C(=O)OSOC(=O)C(C)=CCCC[Si](OC)(OC)OC)(OC)OC. The highest BCUT2D eigenvalue weighted by molar-refractivity contribution is 7.90. The highest BCUT2D eigenvalue weighted by Crippen LogP contribution is 2.19. The second-order valence-electron chi connectivity index (χ2n) is 6.96. The molecule has 0 aliphatic rings. The van der Waals surface area contributed by atoms with Crippen LogP contribution in [0.2, 0.25) is 12.1 Å².